The van der Waals surface area contributed by atoms with E-state index in [-0.39, 0.29) is 13.1 Å². The Labute approximate surface area is 184 Å². The zero-order valence-electron chi connectivity index (χ0n) is 18.7. The molecule has 166 valence electrons. The van der Waals surface area contributed by atoms with E-state index < -0.39 is 21.4 Å². The first-order valence-electron chi connectivity index (χ1n) is 10.2. The van der Waals surface area contributed by atoms with Gasteiger partial charge in [-0.25, -0.2) is 13.4 Å². The van der Waals surface area contributed by atoms with Crippen LogP contribution in [0.4, 0.5) is 0 Å². The van der Waals surface area contributed by atoms with Gasteiger partial charge in [0.2, 0.25) is 10.0 Å². The quantitative estimate of drug-likeness (QED) is 0.507. The fourth-order valence-corrected chi connectivity index (χ4v) is 5.16. The Kier molecular flexibility index (Phi) is 7.25. The smallest absolute Gasteiger partial charge is 0.220 e. The van der Waals surface area contributed by atoms with E-state index in [0.717, 1.165) is 22.3 Å². The van der Waals surface area contributed by atoms with Crippen molar-refractivity contribution in [3.05, 3.63) is 82.9 Å². The van der Waals surface area contributed by atoms with Crippen LogP contribution in [0, 0.1) is 13.8 Å². The molecule has 0 spiro atoms. The average Bonchev–Trinajstić information content (AvgIpc) is 3.16. The molecule has 0 unspecified atom stereocenters. The van der Waals surface area contributed by atoms with Gasteiger partial charge >= 0.3 is 0 Å². The van der Waals surface area contributed by atoms with Crippen molar-refractivity contribution in [1.29, 1.82) is 0 Å². The van der Waals surface area contributed by atoms with Crippen molar-refractivity contribution >= 4 is 10.0 Å². The van der Waals surface area contributed by atoms with Crippen LogP contribution in [0.15, 0.2) is 54.9 Å². The van der Waals surface area contributed by atoms with Crippen molar-refractivity contribution in [1.82, 2.24) is 19.1 Å². The largest absolute Gasteiger partial charge is 0.372 e. The van der Waals surface area contributed by atoms with Gasteiger partial charge in [-0.1, -0.05) is 59.7 Å². The molecule has 0 aliphatic carbocycles. The fourth-order valence-electron chi connectivity index (χ4n) is 3.49. The molecule has 0 bridgehead atoms. The SMILES string of the molecule is CO[C@@H](c1ncnn1C)[C@@H](C)S(=O)(=O)N(Cc1ccc(C)cc1)Cc1ccc(C)cc1. The molecule has 0 saturated heterocycles. The van der Waals surface area contributed by atoms with Crippen LogP contribution in [0.1, 0.15) is 41.1 Å². The van der Waals surface area contributed by atoms with E-state index in [1.54, 1.807) is 18.7 Å². The summed E-state index contributed by atoms with van der Waals surface area (Å²) in [6.45, 7) is 6.23. The number of aromatic nitrogens is 3. The molecule has 1 aromatic heterocycles. The van der Waals surface area contributed by atoms with Crippen LogP contribution in [-0.2, 0) is 34.9 Å². The molecular weight excluding hydrogens is 412 g/mol. The first-order valence-corrected chi connectivity index (χ1v) is 11.7. The second kappa shape index (κ2) is 9.72. The van der Waals surface area contributed by atoms with Crippen molar-refractivity contribution in [2.45, 2.75) is 45.2 Å². The minimum atomic E-state index is -3.74. The Hall–Kier alpha value is -2.55. The third-order valence-electron chi connectivity index (χ3n) is 5.47. The Balaban J connectivity index is 1.95. The lowest BCUT2D eigenvalue weighted by atomic mass is 10.1. The lowest BCUT2D eigenvalue weighted by molar-refractivity contribution is 0.0899. The number of aryl methyl sites for hydroxylation is 3. The first kappa shape index (κ1) is 23.1. The summed E-state index contributed by atoms with van der Waals surface area (Å²) in [5.41, 5.74) is 4.13. The number of hydrogen-bond donors (Lipinski definition) is 0. The Bertz CT molecular complexity index is 1050. The molecule has 3 rings (SSSR count). The number of ether oxygens (including phenoxy) is 1. The zero-order chi connectivity index (χ0) is 22.6. The van der Waals surface area contributed by atoms with Crippen molar-refractivity contribution < 1.29 is 13.2 Å². The topological polar surface area (TPSA) is 77.3 Å². The van der Waals surface area contributed by atoms with Crippen molar-refractivity contribution in [3.63, 3.8) is 0 Å². The normalized spacial score (nSPS) is 14.0. The molecule has 1 heterocycles. The maximum atomic E-state index is 13.8. The number of benzene rings is 2. The van der Waals surface area contributed by atoms with Crippen molar-refractivity contribution in [3.8, 4) is 0 Å². The molecule has 0 aliphatic heterocycles. The molecule has 8 heteroatoms. The highest BCUT2D eigenvalue weighted by atomic mass is 32.2. The molecule has 0 fully saturated rings. The summed E-state index contributed by atoms with van der Waals surface area (Å²) < 4.78 is 36.2. The molecule has 0 radical (unpaired) electrons. The van der Waals surface area contributed by atoms with Crippen molar-refractivity contribution in [2.24, 2.45) is 7.05 Å². The van der Waals surface area contributed by atoms with E-state index in [9.17, 15) is 8.42 Å². The van der Waals surface area contributed by atoms with Crippen LogP contribution in [-0.4, -0.2) is 39.8 Å². The van der Waals surface area contributed by atoms with Crippen LogP contribution in [0.5, 0.6) is 0 Å². The van der Waals surface area contributed by atoms with E-state index in [4.69, 9.17) is 4.74 Å². The van der Waals surface area contributed by atoms with Crippen molar-refractivity contribution in [2.75, 3.05) is 7.11 Å². The Morgan fingerprint density at radius 2 is 1.45 bits per heavy atom. The minimum Gasteiger partial charge on any atom is -0.372 e. The van der Waals surface area contributed by atoms with Gasteiger partial charge in [0.15, 0.2) is 5.82 Å². The van der Waals surface area contributed by atoms with E-state index in [1.165, 1.54) is 17.7 Å². The van der Waals surface area contributed by atoms with Crippen LogP contribution >= 0.6 is 0 Å². The second-order valence-corrected chi connectivity index (χ2v) is 10.2. The van der Waals surface area contributed by atoms with Gasteiger partial charge in [-0.15, -0.1) is 0 Å². The van der Waals surface area contributed by atoms with Gasteiger partial charge in [0.25, 0.3) is 0 Å². The van der Waals surface area contributed by atoms with Gasteiger partial charge in [0, 0.05) is 27.2 Å². The van der Waals surface area contributed by atoms with Gasteiger partial charge in [0.05, 0.1) is 0 Å². The van der Waals surface area contributed by atoms with Gasteiger partial charge < -0.3 is 4.74 Å². The van der Waals surface area contributed by atoms with E-state index in [0.29, 0.717) is 5.82 Å². The monoisotopic (exact) mass is 442 g/mol. The standard InChI is InChI=1S/C23H30N4O3S/c1-17-6-10-20(11-7-17)14-27(15-21-12-8-18(2)9-13-21)31(28,29)19(3)22(30-5)23-24-16-25-26(23)4/h6-13,16,19,22H,14-15H2,1-5H3/t19-,22-/m1/s1. The Morgan fingerprint density at radius 3 is 1.84 bits per heavy atom. The van der Waals surface area contributed by atoms with Gasteiger partial charge in [-0.2, -0.15) is 9.40 Å². The summed E-state index contributed by atoms with van der Waals surface area (Å²) in [5, 5.41) is 3.21. The summed E-state index contributed by atoms with van der Waals surface area (Å²) in [6, 6.07) is 15.8. The molecular formula is C23H30N4O3S. The molecule has 2 atom stereocenters. The average molecular weight is 443 g/mol. The van der Waals surface area contributed by atoms with Crippen LogP contribution in [0.2, 0.25) is 0 Å². The van der Waals surface area contributed by atoms with E-state index >= 15 is 0 Å². The summed E-state index contributed by atoms with van der Waals surface area (Å²) in [6.07, 6.45) is 0.660. The highest BCUT2D eigenvalue weighted by molar-refractivity contribution is 7.89. The molecule has 31 heavy (non-hydrogen) atoms. The first-order chi connectivity index (χ1) is 14.7. The number of rotatable bonds is 9. The summed E-state index contributed by atoms with van der Waals surface area (Å²) in [7, 11) is -0.523. The fraction of sp³-hybridized carbons (Fsp3) is 0.391. The number of sulfonamides is 1. The predicted molar refractivity (Wildman–Crippen MR) is 121 cm³/mol. The van der Waals surface area contributed by atoms with Crippen LogP contribution < -0.4 is 0 Å². The van der Waals surface area contributed by atoms with Gasteiger partial charge in [-0.3, -0.25) is 4.68 Å². The van der Waals surface area contributed by atoms with E-state index in [1.807, 2.05) is 62.4 Å². The Morgan fingerprint density at radius 1 is 0.968 bits per heavy atom. The third kappa shape index (κ3) is 5.39. The number of methoxy groups -OCH3 is 1. The second-order valence-electron chi connectivity index (χ2n) is 7.89. The van der Waals surface area contributed by atoms with Crippen LogP contribution in [0.3, 0.4) is 0 Å². The summed E-state index contributed by atoms with van der Waals surface area (Å²) in [5.74, 6) is 0.476. The highest BCUT2D eigenvalue weighted by Crippen LogP contribution is 2.28. The molecule has 0 N–H and O–H groups in total. The van der Waals surface area contributed by atoms with Crippen LogP contribution in [0.25, 0.3) is 0 Å². The minimum absolute atomic E-state index is 0.274. The molecule has 0 amide bonds. The summed E-state index contributed by atoms with van der Waals surface area (Å²) >= 11 is 0. The lowest BCUT2D eigenvalue weighted by Crippen LogP contribution is -2.40. The summed E-state index contributed by atoms with van der Waals surface area (Å²) in [4.78, 5) is 4.21. The lowest BCUT2D eigenvalue weighted by Gasteiger charge is -2.29. The maximum absolute atomic E-state index is 13.8. The zero-order valence-corrected chi connectivity index (χ0v) is 19.5. The highest BCUT2D eigenvalue weighted by Gasteiger charge is 2.37. The predicted octanol–water partition coefficient (Wildman–Crippen LogP) is 3.54. The molecule has 0 saturated carbocycles. The molecule has 3 aromatic rings. The number of nitrogens with zero attached hydrogens (tertiary/aromatic N) is 4. The van der Waals surface area contributed by atoms with Gasteiger partial charge in [0.1, 0.15) is 17.7 Å². The van der Waals surface area contributed by atoms with E-state index in [2.05, 4.69) is 10.1 Å². The third-order valence-corrected chi connectivity index (χ3v) is 7.63. The molecule has 2 aromatic carbocycles. The molecule has 7 nitrogen and oxygen atoms in total. The maximum Gasteiger partial charge on any atom is 0.220 e. The number of hydrogen-bond acceptors (Lipinski definition) is 5. The van der Waals surface area contributed by atoms with Gasteiger partial charge in [-0.05, 0) is 31.9 Å². The molecule has 0 aliphatic rings.